The molecule has 0 aliphatic heterocycles. The van der Waals surface area contributed by atoms with E-state index in [0.717, 1.165) is 22.1 Å². The molecule has 1 N–H and O–H groups in total. The highest BCUT2D eigenvalue weighted by atomic mass is 16.5. The predicted molar refractivity (Wildman–Crippen MR) is 113 cm³/mol. The molecular formula is C23H21N3O4. The Bertz CT molecular complexity index is 1270. The van der Waals surface area contributed by atoms with Crippen LogP contribution in [0.2, 0.25) is 0 Å². The van der Waals surface area contributed by atoms with Crippen LogP contribution in [0.15, 0.2) is 53.2 Å². The molecule has 4 rings (SSSR count). The van der Waals surface area contributed by atoms with Crippen molar-refractivity contribution in [1.29, 1.82) is 0 Å². The Kier molecular flexibility index (Phi) is 4.87. The Balaban J connectivity index is 1.50. The zero-order valence-corrected chi connectivity index (χ0v) is 17.1. The minimum Gasteiger partial charge on any atom is -0.448 e. The topological polar surface area (TPSA) is 86.4 Å². The molecule has 0 bridgehead atoms. The Morgan fingerprint density at radius 3 is 2.37 bits per heavy atom. The number of esters is 1. The van der Waals surface area contributed by atoms with Gasteiger partial charge in [0.25, 0.3) is 5.91 Å². The summed E-state index contributed by atoms with van der Waals surface area (Å²) in [5.41, 5.74) is 4.51. The van der Waals surface area contributed by atoms with Gasteiger partial charge >= 0.3 is 5.97 Å². The molecule has 7 nitrogen and oxygen atoms in total. The molecule has 152 valence electrons. The second-order valence-electron chi connectivity index (χ2n) is 7.23. The van der Waals surface area contributed by atoms with Crippen LogP contribution in [0, 0.1) is 20.8 Å². The fourth-order valence-corrected chi connectivity index (χ4v) is 3.37. The number of aromatic nitrogens is 2. The molecule has 0 atom stereocenters. The number of carbonyl (C=O) groups excluding carboxylic acids is 2. The maximum atomic E-state index is 12.7. The highest BCUT2D eigenvalue weighted by molar-refractivity contribution is 6.04. The van der Waals surface area contributed by atoms with Gasteiger partial charge in [-0.25, -0.2) is 4.79 Å². The number of hydrogen-bond donors (Lipinski definition) is 1. The molecule has 7 heteroatoms. The van der Waals surface area contributed by atoms with Gasteiger partial charge < -0.3 is 14.5 Å². The summed E-state index contributed by atoms with van der Waals surface area (Å²) in [6, 6.07) is 10.5. The van der Waals surface area contributed by atoms with Crippen molar-refractivity contribution in [2.75, 3.05) is 5.32 Å². The molecule has 0 spiro atoms. The van der Waals surface area contributed by atoms with Crippen LogP contribution >= 0.6 is 0 Å². The van der Waals surface area contributed by atoms with Gasteiger partial charge in [0.05, 0.1) is 11.8 Å². The molecule has 0 fully saturated rings. The second kappa shape index (κ2) is 7.51. The summed E-state index contributed by atoms with van der Waals surface area (Å²) in [7, 11) is 1.74. The number of rotatable bonds is 4. The number of ether oxygens (including phenoxy) is 1. The van der Waals surface area contributed by atoms with E-state index >= 15 is 0 Å². The Hall–Kier alpha value is -3.87. The van der Waals surface area contributed by atoms with Crippen molar-refractivity contribution in [3.05, 3.63) is 76.8 Å². The molecule has 0 saturated heterocycles. The summed E-state index contributed by atoms with van der Waals surface area (Å²) in [6.45, 7) is 5.78. The predicted octanol–water partition coefficient (Wildman–Crippen LogP) is 4.56. The Morgan fingerprint density at radius 2 is 1.73 bits per heavy atom. The minimum absolute atomic E-state index is 0.191. The molecule has 0 saturated carbocycles. The van der Waals surface area contributed by atoms with Crippen molar-refractivity contribution in [3.8, 4) is 5.75 Å². The van der Waals surface area contributed by atoms with Crippen LogP contribution in [0.1, 0.15) is 37.6 Å². The summed E-state index contributed by atoms with van der Waals surface area (Å²) in [5, 5.41) is 7.69. The van der Waals surface area contributed by atoms with E-state index in [4.69, 9.17) is 9.15 Å². The smallest absolute Gasteiger partial charge is 0.379 e. The van der Waals surface area contributed by atoms with Gasteiger partial charge in [-0.1, -0.05) is 12.1 Å². The van der Waals surface area contributed by atoms with Crippen LogP contribution in [0.3, 0.4) is 0 Å². The van der Waals surface area contributed by atoms with Crippen molar-refractivity contribution < 1.29 is 18.7 Å². The van der Waals surface area contributed by atoms with Crippen LogP contribution in [0.25, 0.3) is 11.0 Å². The third kappa shape index (κ3) is 3.57. The number of hydrogen-bond acceptors (Lipinski definition) is 5. The Morgan fingerprint density at radius 1 is 1.03 bits per heavy atom. The van der Waals surface area contributed by atoms with Gasteiger partial charge in [-0.2, -0.15) is 5.10 Å². The summed E-state index contributed by atoms with van der Waals surface area (Å²) in [4.78, 5) is 24.9. The largest absolute Gasteiger partial charge is 0.448 e. The minimum atomic E-state index is -0.561. The monoisotopic (exact) mass is 403 g/mol. The summed E-state index contributed by atoms with van der Waals surface area (Å²) in [5.74, 6) is -0.282. The summed E-state index contributed by atoms with van der Waals surface area (Å²) >= 11 is 0. The van der Waals surface area contributed by atoms with Gasteiger partial charge in [-0.3, -0.25) is 9.48 Å². The lowest BCUT2D eigenvalue weighted by Crippen LogP contribution is -2.11. The van der Waals surface area contributed by atoms with E-state index in [1.165, 1.54) is 6.20 Å². The van der Waals surface area contributed by atoms with Crippen molar-refractivity contribution in [1.82, 2.24) is 9.78 Å². The lowest BCUT2D eigenvalue weighted by molar-refractivity contribution is 0.0702. The molecule has 1 amide bonds. The van der Waals surface area contributed by atoms with Crippen molar-refractivity contribution in [2.24, 2.45) is 7.05 Å². The Labute approximate surface area is 173 Å². The quantitative estimate of drug-likeness (QED) is 0.399. The molecule has 0 aliphatic carbocycles. The molecule has 0 aliphatic rings. The number of anilines is 1. The number of amides is 1. The van der Waals surface area contributed by atoms with Crippen LogP contribution in [-0.4, -0.2) is 21.7 Å². The number of nitrogens with zero attached hydrogens (tertiary/aromatic N) is 2. The van der Waals surface area contributed by atoms with Crippen LogP contribution in [0.4, 0.5) is 5.69 Å². The lowest BCUT2D eigenvalue weighted by Gasteiger charge is -2.06. The van der Waals surface area contributed by atoms with Crippen molar-refractivity contribution >= 4 is 28.5 Å². The van der Waals surface area contributed by atoms with E-state index in [2.05, 4.69) is 10.4 Å². The molecule has 30 heavy (non-hydrogen) atoms. The average Bonchev–Trinajstić information content (AvgIpc) is 3.31. The van der Waals surface area contributed by atoms with E-state index in [1.807, 2.05) is 32.9 Å². The highest BCUT2D eigenvalue weighted by Crippen LogP contribution is 2.31. The normalized spacial score (nSPS) is 10.9. The van der Waals surface area contributed by atoms with Crippen LogP contribution < -0.4 is 10.1 Å². The van der Waals surface area contributed by atoms with E-state index < -0.39 is 5.97 Å². The first kappa shape index (κ1) is 19.4. The van der Waals surface area contributed by atoms with Gasteiger partial charge in [0.2, 0.25) is 5.76 Å². The summed E-state index contributed by atoms with van der Waals surface area (Å²) in [6.07, 6.45) is 3.12. The van der Waals surface area contributed by atoms with Crippen molar-refractivity contribution in [3.63, 3.8) is 0 Å². The first-order chi connectivity index (χ1) is 14.3. The van der Waals surface area contributed by atoms with Gasteiger partial charge in [-0.05, 0) is 56.2 Å². The van der Waals surface area contributed by atoms with E-state index in [0.29, 0.717) is 22.6 Å². The standard InChI is InChI=1S/C23H21N3O4/c1-13-5-6-14(2)20-19(13)15(3)21(30-20)23(28)29-18-9-7-17(8-10-18)25-22(27)16-11-24-26(4)12-16/h5-12H,1-4H3,(H,25,27). The highest BCUT2D eigenvalue weighted by Gasteiger charge is 2.21. The number of carbonyl (C=O) groups is 2. The summed E-state index contributed by atoms with van der Waals surface area (Å²) < 4.78 is 12.9. The molecule has 4 aromatic rings. The fraction of sp³-hybridized carbons (Fsp3) is 0.174. The van der Waals surface area contributed by atoms with Gasteiger partial charge in [0.15, 0.2) is 0 Å². The number of furan rings is 1. The molecule has 0 unspecified atom stereocenters. The van der Waals surface area contributed by atoms with Gasteiger partial charge in [0, 0.05) is 29.9 Å². The first-order valence-corrected chi connectivity index (χ1v) is 9.45. The number of benzene rings is 2. The van der Waals surface area contributed by atoms with Crippen molar-refractivity contribution in [2.45, 2.75) is 20.8 Å². The van der Waals surface area contributed by atoms with E-state index in [9.17, 15) is 9.59 Å². The third-order valence-electron chi connectivity index (χ3n) is 4.96. The molecule has 2 aromatic heterocycles. The number of nitrogens with one attached hydrogen (secondary N) is 1. The van der Waals surface area contributed by atoms with Crippen LogP contribution in [-0.2, 0) is 7.05 Å². The van der Waals surface area contributed by atoms with E-state index in [-0.39, 0.29) is 11.7 Å². The number of aryl methyl sites for hydroxylation is 4. The van der Waals surface area contributed by atoms with Crippen LogP contribution in [0.5, 0.6) is 5.75 Å². The number of fused-ring (bicyclic) bond motifs is 1. The fourth-order valence-electron chi connectivity index (χ4n) is 3.37. The molecule has 0 radical (unpaired) electrons. The lowest BCUT2D eigenvalue weighted by atomic mass is 10.0. The molecule has 2 heterocycles. The van der Waals surface area contributed by atoms with Gasteiger partial charge in [-0.15, -0.1) is 0 Å². The second-order valence-corrected chi connectivity index (χ2v) is 7.23. The zero-order chi connectivity index (χ0) is 21.4. The SMILES string of the molecule is Cc1ccc(C)c2c(C)c(C(=O)Oc3ccc(NC(=O)c4cnn(C)c4)cc3)oc12. The third-order valence-corrected chi connectivity index (χ3v) is 4.96. The average molecular weight is 403 g/mol. The van der Waals surface area contributed by atoms with E-state index in [1.54, 1.807) is 42.2 Å². The van der Waals surface area contributed by atoms with Gasteiger partial charge in [0.1, 0.15) is 11.3 Å². The maximum absolute atomic E-state index is 12.7. The molecular weight excluding hydrogens is 382 g/mol. The molecule has 2 aromatic carbocycles. The first-order valence-electron chi connectivity index (χ1n) is 9.45. The maximum Gasteiger partial charge on any atom is 0.379 e. The zero-order valence-electron chi connectivity index (χ0n) is 17.1.